The fraction of sp³-hybridized carbons (Fsp3) is 0.833. The second kappa shape index (κ2) is 8.12. The van der Waals surface area contributed by atoms with Crippen LogP contribution in [0.1, 0.15) is 40.0 Å². The molecule has 0 bridgehead atoms. The summed E-state index contributed by atoms with van der Waals surface area (Å²) in [7, 11) is 0. The van der Waals surface area contributed by atoms with Gasteiger partial charge in [-0.2, -0.15) is 5.26 Å². The second-order valence-corrected chi connectivity index (χ2v) is 4.34. The van der Waals surface area contributed by atoms with Crippen molar-refractivity contribution in [3.63, 3.8) is 0 Å². The van der Waals surface area contributed by atoms with E-state index in [-0.39, 0.29) is 24.5 Å². The van der Waals surface area contributed by atoms with Crippen LogP contribution in [-0.4, -0.2) is 23.7 Å². The second-order valence-electron chi connectivity index (χ2n) is 4.34. The van der Waals surface area contributed by atoms with E-state index < -0.39 is 5.92 Å². The van der Waals surface area contributed by atoms with Crippen LogP contribution in [0, 0.1) is 23.2 Å². The molecule has 0 saturated heterocycles. The molecule has 0 rings (SSSR count). The van der Waals surface area contributed by atoms with Crippen molar-refractivity contribution < 1.29 is 9.90 Å². The maximum Gasteiger partial charge on any atom is 0.237 e. The molecule has 0 saturated carbocycles. The van der Waals surface area contributed by atoms with E-state index in [1.165, 1.54) is 0 Å². The van der Waals surface area contributed by atoms with Gasteiger partial charge < -0.3 is 10.4 Å². The fourth-order valence-corrected chi connectivity index (χ4v) is 1.54. The van der Waals surface area contributed by atoms with Crippen LogP contribution in [-0.2, 0) is 4.79 Å². The van der Waals surface area contributed by atoms with Gasteiger partial charge in [0.1, 0.15) is 5.92 Å². The van der Waals surface area contributed by atoms with E-state index in [0.717, 1.165) is 6.42 Å². The third-order valence-corrected chi connectivity index (χ3v) is 2.62. The maximum absolute atomic E-state index is 11.7. The van der Waals surface area contributed by atoms with Crippen molar-refractivity contribution in [1.29, 1.82) is 5.26 Å². The molecule has 0 spiro atoms. The molecular weight excluding hydrogens is 204 g/mol. The van der Waals surface area contributed by atoms with Crippen LogP contribution in [0.5, 0.6) is 0 Å². The van der Waals surface area contributed by atoms with Gasteiger partial charge in [-0.3, -0.25) is 4.79 Å². The molecule has 2 N–H and O–H groups in total. The van der Waals surface area contributed by atoms with E-state index >= 15 is 0 Å². The van der Waals surface area contributed by atoms with Crippen LogP contribution in [0.4, 0.5) is 0 Å². The number of aliphatic hydroxyl groups is 1. The van der Waals surface area contributed by atoms with Crippen LogP contribution in [0.15, 0.2) is 0 Å². The Morgan fingerprint density at radius 3 is 2.44 bits per heavy atom. The summed E-state index contributed by atoms with van der Waals surface area (Å²) in [4.78, 5) is 11.7. The Hall–Kier alpha value is -1.08. The largest absolute Gasteiger partial charge is 0.396 e. The van der Waals surface area contributed by atoms with Crippen molar-refractivity contribution in [3.8, 4) is 6.07 Å². The molecule has 16 heavy (non-hydrogen) atoms. The Morgan fingerprint density at radius 1 is 1.44 bits per heavy atom. The molecule has 0 aromatic rings. The first-order chi connectivity index (χ1) is 7.56. The minimum Gasteiger partial charge on any atom is -0.396 e. The lowest BCUT2D eigenvalue weighted by Crippen LogP contribution is -2.42. The van der Waals surface area contributed by atoms with E-state index in [1.807, 2.05) is 26.8 Å². The third-order valence-electron chi connectivity index (χ3n) is 2.62. The van der Waals surface area contributed by atoms with E-state index in [4.69, 9.17) is 10.4 Å². The lowest BCUT2D eigenvalue weighted by atomic mass is 9.99. The zero-order valence-electron chi connectivity index (χ0n) is 10.4. The molecule has 0 aliphatic heterocycles. The molecular formula is C12H22N2O2. The predicted octanol–water partition coefficient (Wildman–Crippen LogP) is 1.45. The van der Waals surface area contributed by atoms with Crippen molar-refractivity contribution in [1.82, 2.24) is 5.32 Å². The van der Waals surface area contributed by atoms with Crippen molar-refractivity contribution in [2.24, 2.45) is 11.8 Å². The third kappa shape index (κ3) is 5.13. The van der Waals surface area contributed by atoms with Gasteiger partial charge >= 0.3 is 0 Å². The summed E-state index contributed by atoms with van der Waals surface area (Å²) in [5.41, 5.74) is 0. The SMILES string of the molecule is CCCC(C#N)C(=O)NC(CCO)C(C)C. The van der Waals surface area contributed by atoms with Gasteiger partial charge in [-0.25, -0.2) is 0 Å². The summed E-state index contributed by atoms with van der Waals surface area (Å²) in [6.45, 7) is 5.98. The van der Waals surface area contributed by atoms with Crippen LogP contribution < -0.4 is 5.32 Å². The number of hydrogen-bond donors (Lipinski definition) is 2. The minimum absolute atomic E-state index is 0.0497. The summed E-state index contributed by atoms with van der Waals surface area (Å²) in [5, 5.41) is 20.6. The smallest absolute Gasteiger partial charge is 0.237 e. The van der Waals surface area contributed by atoms with Gasteiger partial charge in [-0.15, -0.1) is 0 Å². The molecule has 92 valence electrons. The van der Waals surface area contributed by atoms with Gasteiger partial charge in [-0.1, -0.05) is 27.2 Å². The Kier molecular flexibility index (Phi) is 7.57. The first-order valence-electron chi connectivity index (χ1n) is 5.87. The van der Waals surface area contributed by atoms with E-state index in [0.29, 0.717) is 12.8 Å². The average molecular weight is 226 g/mol. The molecule has 0 fully saturated rings. The van der Waals surface area contributed by atoms with Crippen LogP contribution in [0.3, 0.4) is 0 Å². The fourth-order valence-electron chi connectivity index (χ4n) is 1.54. The van der Waals surface area contributed by atoms with Crippen LogP contribution in [0.25, 0.3) is 0 Å². The zero-order valence-corrected chi connectivity index (χ0v) is 10.4. The van der Waals surface area contributed by atoms with Crippen LogP contribution in [0.2, 0.25) is 0 Å². The molecule has 0 radical (unpaired) electrons. The number of amides is 1. The minimum atomic E-state index is -0.565. The summed E-state index contributed by atoms with van der Waals surface area (Å²) < 4.78 is 0. The highest BCUT2D eigenvalue weighted by Crippen LogP contribution is 2.10. The van der Waals surface area contributed by atoms with Crippen molar-refractivity contribution in [2.45, 2.75) is 46.1 Å². The number of rotatable bonds is 7. The first-order valence-corrected chi connectivity index (χ1v) is 5.87. The highest BCUT2D eigenvalue weighted by Gasteiger charge is 2.21. The van der Waals surface area contributed by atoms with E-state index in [9.17, 15) is 4.79 Å². The molecule has 0 aromatic heterocycles. The van der Waals surface area contributed by atoms with E-state index in [2.05, 4.69) is 5.32 Å². The molecule has 0 aliphatic carbocycles. The standard InChI is InChI=1S/C12H22N2O2/c1-4-5-10(8-13)12(16)14-11(6-7-15)9(2)3/h9-11,15H,4-7H2,1-3H3,(H,14,16). The van der Waals surface area contributed by atoms with Crippen molar-refractivity contribution >= 4 is 5.91 Å². The number of carbonyl (C=O) groups is 1. The summed E-state index contributed by atoms with van der Waals surface area (Å²) in [6, 6.07) is 1.96. The van der Waals surface area contributed by atoms with Gasteiger partial charge in [0.2, 0.25) is 5.91 Å². The normalized spacial score (nSPS) is 14.2. The molecule has 1 amide bonds. The summed E-state index contributed by atoms with van der Waals surface area (Å²) in [5.74, 6) is -0.515. The lowest BCUT2D eigenvalue weighted by Gasteiger charge is -2.22. The monoisotopic (exact) mass is 226 g/mol. The Morgan fingerprint density at radius 2 is 2.06 bits per heavy atom. The van der Waals surface area contributed by atoms with Gasteiger partial charge in [0, 0.05) is 12.6 Å². The molecule has 0 aliphatic rings. The summed E-state index contributed by atoms with van der Waals surface area (Å²) >= 11 is 0. The molecule has 2 unspecified atom stereocenters. The van der Waals surface area contributed by atoms with E-state index in [1.54, 1.807) is 0 Å². The Bertz CT molecular complexity index is 246. The van der Waals surface area contributed by atoms with Crippen LogP contribution >= 0.6 is 0 Å². The van der Waals surface area contributed by atoms with Gasteiger partial charge in [0.25, 0.3) is 0 Å². The highest BCUT2D eigenvalue weighted by molar-refractivity contribution is 5.81. The summed E-state index contributed by atoms with van der Waals surface area (Å²) in [6.07, 6.45) is 1.94. The maximum atomic E-state index is 11.7. The molecule has 4 heteroatoms. The van der Waals surface area contributed by atoms with Crippen molar-refractivity contribution in [3.05, 3.63) is 0 Å². The lowest BCUT2D eigenvalue weighted by molar-refractivity contribution is -0.124. The number of nitriles is 1. The Labute approximate surface area is 97.7 Å². The predicted molar refractivity (Wildman–Crippen MR) is 62.5 cm³/mol. The molecule has 4 nitrogen and oxygen atoms in total. The highest BCUT2D eigenvalue weighted by atomic mass is 16.3. The topological polar surface area (TPSA) is 73.1 Å². The molecule has 0 heterocycles. The zero-order chi connectivity index (χ0) is 12.6. The molecule has 2 atom stereocenters. The van der Waals surface area contributed by atoms with Gasteiger partial charge in [0.05, 0.1) is 6.07 Å². The number of carbonyl (C=O) groups excluding carboxylic acids is 1. The van der Waals surface area contributed by atoms with Crippen molar-refractivity contribution in [2.75, 3.05) is 6.61 Å². The molecule has 0 aromatic carbocycles. The quantitative estimate of drug-likeness (QED) is 0.690. The Balaban J connectivity index is 4.32. The average Bonchev–Trinajstić information content (AvgIpc) is 2.24. The number of nitrogens with zero attached hydrogens (tertiary/aromatic N) is 1. The first kappa shape index (κ1) is 14.9. The van der Waals surface area contributed by atoms with Gasteiger partial charge in [0.15, 0.2) is 0 Å². The number of hydrogen-bond acceptors (Lipinski definition) is 3. The number of nitrogens with one attached hydrogen (secondary N) is 1. The van der Waals surface area contributed by atoms with Gasteiger partial charge in [-0.05, 0) is 18.8 Å². The number of aliphatic hydroxyl groups excluding tert-OH is 1.